The molecule has 6 heteroatoms. The minimum absolute atomic E-state index is 0. The number of hydrogen-bond donors (Lipinski definition) is 2. The van der Waals surface area contributed by atoms with Gasteiger partial charge in [0.15, 0.2) is 0 Å². The van der Waals surface area contributed by atoms with Crippen LogP contribution in [0.5, 0.6) is 0 Å². The summed E-state index contributed by atoms with van der Waals surface area (Å²) >= 11 is 0. The van der Waals surface area contributed by atoms with Crippen LogP contribution in [-0.2, 0) is 14.3 Å². The minimum Gasteiger partial charge on any atom is -0.379 e. The van der Waals surface area contributed by atoms with Crippen LogP contribution in [0, 0.1) is 5.92 Å². The van der Waals surface area contributed by atoms with Gasteiger partial charge in [0.25, 0.3) is 0 Å². The van der Waals surface area contributed by atoms with Gasteiger partial charge in [0, 0.05) is 31.7 Å². The standard InChI is InChI=1S/C14H26N2O3.ClH/c15-12-4-1-3-11(9-12)14(17)16-6-2-7-19-13-5-8-18-10-13;/h11-13H,1-10,15H2,(H,16,17);1H. The molecule has 3 atom stereocenters. The van der Waals surface area contributed by atoms with E-state index >= 15 is 0 Å². The molecule has 0 radical (unpaired) electrons. The Morgan fingerprint density at radius 1 is 1.35 bits per heavy atom. The Balaban J connectivity index is 0.00000200. The van der Waals surface area contributed by atoms with E-state index in [0.717, 1.165) is 45.1 Å². The van der Waals surface area contributed by atoms with Gasteiger partial charge >= 0.3 is 0 Å². The molecule has 0 spiro atoms. The summed E-state index contributed by atoms with van der Waals surface area (Å²) in [6.45, 7) is 2.91. The number of carbonyl (C=O) groups is 1. The lowest BCUT2D eigenvalue weighted by atomic mass is 9.85. The number of ether oxygens (including phenoxy) is 2. The summed E-state index contributed by atoms with van der Waals surface area (Å²) < 4.78 is 10.9. The van der Waals surface area contributed by atoms with Crippen molar-refractivity contribution >= 4 is 18.3 Å². The Bertz CT molecular complexity index is 286. The SMILES string of the molecule is Cl.NC1CCCC(C(=O)NCCCOC2CCOC2)C1. The Labute approximate surface area is 127 Å². The molecule has 5 nitrogen and oxygen atoms in total. The summed E-state index contributed by atoms with van der Waals surface area (Å²) in [5.41, 5.74) is 5.90. The van der Waals surface area contributed by atoms with E-state index in [1.165, 1.54) is 0 Å². The summed E-state index contributed by atoms with van der Waals surface area (Å²) in [6.07, 6.45) is 6.06. The fourth-order valence-corrected chi connectivity index (χ4v) is 2.79. The van der Waals surface area contributed by atoms with Gasteiger partial charge in [0.1, 0.15) is 0 Å². The van der Waals surface area contributed by atoms with Crippen LogP contribution >= 0.6 is 12.4 Å². The first-order chi connectivity index (χ1) is 9.25. The van der Waals surface area contributed by atoms with Crippen molar-refractivity contribution < 1.29 is 14.3 Å². The van der Waals surface area contributed by atoms with Crippen LogP contribution in [0.4, 0.5) is 0 Å². The largest absolute Gasteiger partial charge is 0.379 e. The van der Waals surface area contributed by atoms with Gasteiger partial charge < -0.3 is 20.5 Å². The molecule has 1 aliphatic heterocycles. The van der Waals surface area contributed by atoms with Crippen molar-refractivity contribution in [3.63, 3.8) is 0 Å². The highest BCUT2D eigenvalue weighted by atomic mass is 35.5. The lowest BCUT2D eigenvalue weighted by Crippen LogP contribution is -2.38. The molecule has 0 aromatic heterocycles. The molecule has 0 bridgehead atoms. The zero-order valence-electron chi connectivity index (χ0n) is 12.0. The van der Waals surface area contributed by atoms with Crippen LogP contribution in [0.25, 0.3) is 0 Å². The van der Waals surface area contributed by atoms with E-state index in [4.69, 9.17) is 15.2 Å². The van der Waals surface area contributed by atoms with E-state index in [9.17, 15) is 4.79 Å². The third-order valence-corrected chi connectivity index (χ3v) is 3.95. The molecule has 118 valence electrons. The summed E-state index contributed by atoms with van der Waals surface area (Å²) in [7, 11) is 0. The van der Waals surface area contributed by atoms with Gasteiger partial charge in [-0.1, -0.05) is 6.42 Å². The highest BCUT2D eigenvalue weighted by molar-refractivity contribution is 5.85. The van der Waals surface area contributed by atoms with Crippen LogP contribution in [0.2, 0.25) is 0 Å². The first-order valence-electron chi connectivity index (χ1n) is 7.48. The lowest BCUT2D eigenvalue weighted by molar-refractivity contribution is -0.126. The number of rotatable bonds is 6. The van der Waals surface area contributed by atoms with E-state index in [1.54, 1.807) is 0 Å². The predicted octanol–water partition coefficient (Wildman–Crippen LogP) is 1.24. The molecule has 2 rings (SSSR count). The zero-order chi connectivity index (χ0) is 13.5. The van der Waals surface area contributed by atoms with E-state index in [0.29, 0.717) is 19.8 Å². The molecule has 1 amide bonds. The Kier molecular flexibility index (Phi) is 8.45. The average molecular weight is 307 g/mol. The van der Waals surface area contributed by atoms with Crippen LogP contribution in [0.15, 0.2) is 0 Å². The molecule has 3 N–H and O–H groups in total. The smallest absolute Gasteiger partial charge is 0.223 e. The van der Waals surface area contributed by atoms with Crippen LogP contribution in [0.3, 0.4) is 0 Å². The zero-order valence-corrected chi connectivity index (χ0v) is 12.8. The summed E-state index contributed by atoms with van der Waals surface area (Å²) in [5.74, 6) is 0.284. The third-order valence-electron chi connectivity index (χ3n) is 3.95. The maximum Gasteiger partial charge on any atom is 0.223 e. The number of amides is 1. The van der Waals surface area contributed by atoms with Crippen molar-refractivity contribution in [2.45, 2.75) is 50.7 Å². The number of nitrogens with two attached hydrogens (primary N) is 1. The first kappa shape index (κ1) is 17.7. The van der Waals surface area contributed by atoms with Gasteiger partial charge in [-0.15, -0.1) is 12.4 Å². The van der Waals surface area contributed by atoms with E-state index in [-0.39, 0.29) is 36.4 Å². The second-order valence-corrected chi connectivity index (χ2v) is 5.62. The minimum atomic E-state index is 0. The summed E-state index contributed by atoms with van der Waals surface area (Å²) in [6, 6.07) is 0.204. The summed E-state index contributed by atoms with van der Waals surface area (Å²) in [5, 5.41) is 2.99. The van der Waals surface area contributed by atoms with Gasteiger partial charge in [-0.25, -0.2) is 0 Å². The Morgan fingerprint density at radius 3 is 2.90 bits per heavy atom. The van der Waals surface area contributed by atoms with E-state index in [2.05, 4.69) is 5.32 Å². The highest BCUT2D eigenvalue weighted by Gasteiger charge is 2.24. The average Bonchev–Trinajstić information content (AvgIpc) is 2.91. The molecule has 0 aromatic carbocycles. The molecule has 2 fully saturated rings. The van der Waals surface area contributed by atoms with Crippen LogP contribution < -0.4 is 11.1 Å². The molecule has 3 unspecified atom stereocenters. The monoisotopic (exact) mass is 306 g/mol. The Morgan fingerprint density at radius 2 is 2.20 bits per heavy atom. The normalized spacial score (nSPS) is 29.8. The summed E-state index contributed by atoms with van der Waals surface area (Å²) in [4.78, 5) is 11.9. The number of halogens is 1. The van der Waals surface area contributed by atoms with Crippen molar-refractivity contribution in [3.05, 3.63) is 0 Å². The van der Waals surface area contributed by atoms with Crippen molar-refractivity contribution in [3.8, 4) is 0 Å². The molecule has 1 heterocycles. The lowest BCUT2D eigenvalue weighted by Gasteiger charge is -2.25. The third kappa shape index (κ3) is 5.95. The van der Waals surface area contributed by atoms with Crippen molar-refractivity contribution in [2.24, 2.45) is 11.7 Å². The molecular formula is C14H27ClN2O3. The maximum absolute atomic E-state index is 11.9. The second-order valence-electron chi connectivity index (χ2n) is 5.62. The van der Waals surface area contributed by atoms with Crippen molar-refractivity contribution in [1.29, 1.82) is 0 Å². The van der Waals surface area contributed by atoms with E-state index in [1.807, 2.05) is 0 Å². The van der Waals surface area contributed by atoms with Gasteiger partial charge in [0.05, 0.1) is 12.7 Å². The molecule has 1 aliphatic carbocycles. The topological polar surface area (TPSA) is 73.6 Å². The van der Waals surface area contributed by atoms with Crippen LogP contribution in [-0.4, -0.2) is 44.4 Å². The number of carbonyl (C=O) groups excluding carboxylic acids is 1. The Hall–Kier alpha value is -0.360. The molecule has 1 saturated heterocycles. The number of hydrogen-bond acceptors (Lipinski definition) is 4. The molecular weight excluding hydrogens is 280 g/mol. The first-order valence-corrected chi connectivity index (χ1v) is 7.48. The van der Waals surface area contributed by atoms with Crippen molar-refractivity contribution in [2.75, 3.05) is 26.4 Å². The maximum atomic E-state index is 11.9. The van der Waals surface area contributed by atoms with Gasteiger partial charge in [-0.3, -0.25) is 4.79 Å². The molecule has 2 aliphatic rings. The fraction of sp³-hybridized carbons (Fsp3) is 0.929. The predicted molar refractivity (Wildman–Crippen MR) is 80.0 cm³/mol. The number of nitrogens with one attached hydrogen (secondary N) is 1. The fourth-order valence-electron chi connectivity index (χ4n) is 2.79. The van der Waals surface area contributed by atoms with Gasteiger partial charge in [-0.05, 0) is 32.1 Å². The van der Waals surface area contributed by atoms with Gasteiger partial charge in [-0.2, -0.15) is 0 Å². The van der Waals surface area contributed by atoms with Gasteiger partial charge in [0.2, 0.25) is 5.91 Å². The highest BCUT2D eigenvalue weighted by Crippen LogP contribution is 2.23. The molecule has 1 saturated carbocycles. The molecule has 0 aromatic rings. The quantitative estimate of drug-likeness (QED) is 0.724. The van der Waals surface area contributed by atoms with E-state index < -0.39 is 0 Å². The van der Waals surface area contributed by atoms with Crippen LogP contribution in [0.1, 0.15) is 38.5 Å². The van der Waals surface area contributed by atoms with Crippen molar-refractivity contribution in [1.82, 2.24) is 5.32 Å². The molecule has 20 heavy (non-hydrogen) atoms. The second kappa shape index (κ2) is 9.55.